The average Bonchev–Trinajstić information content (AvgIpc) is 2.75. The van der Waals surface area contributed by atoms with E-state index in [-0.39, 0.29) is 0 Å². The molecule has 1 aliphatic carbocycles. The molecular formula is C13H19BrN2S. The van der Waals surface area contributed by atoms with Crippen molar-refractivity contribution in [2.45, 2.75) is 38.6 Å². The van der Waals surface area contributed by atoms with Gasteiger partial charge in [0.2, 0.25) is 0 Å². The molecule has 1 N–H and O–H groups in total. The first-order valence-corrected chi connectivity index (χ1v) is 7.86. The summed E-state index contributed by atoms with van der Waals surface area (Å²) in [7, 11) is 2.05. The highest BCUT2D eigenvalue weighted by atomic mass is 79.9. The lowest BCUT2D eigenvalue weighted by atomic mass is 9.88. The minimum atomic E-state index is 0.497. The van der Waals surface area contributed by atoms with E-state index in [4.69, 9.17) is 5.41 Å². The highest BCUT2D eigenvalue weighted by Gasteiger charge is 2.20. The maximum Gasteiger partial charge on any atom is 0.0990 e. The van der Waals surface area contributed by atoms with Crippen LogP contribution in [0.5, 0.6) is 0 Å². The summed E-state index contributed by atoms with van der Waals surface area (Å²) in [6.07, 6.45) is 6.36. The molecule has 0 spiro atoms. The molecule has 0 aliphatic heterocycles. The minimum absolute atomic E-state index is 0.497. The van der Waals surface area contributed by atoms with Crippen molar-refractivity contribution in [1.82, 2.24) is 4.90 Å². The highest BCUT2D eigenvalue weighted by Crippen LogP contribution is 2.27. The monoisotopic (exact) mass is 314 g/mol. The largest absolute Gasteiger partial charge is 0.358 e. The number of amidine groups is 1. The zero-order chi connectivity index (χ0) is 12.3. The van der Waals surface area contributed by atoms with Crippen LogP contribution in [0.4, 0.5) is 0 Å². The fourth-order valence-corrected chi connectivity index (χ4v) is 3.95. The SMILES string of the molecule is CN(Cc1cc(Br)cs1)C(=N)C1CCCCC1. The molecule has 94 valence electrons. The quantitative estimate of drug-likeness (QED) is 0.645. The molecule has 0 bridgehead atoms. The molecule has 4 heteroatoms. The third kappa shape index (κ3) is 3.55. The number of thiophene rings is 1. The van der Waals surface area contributed by atoms with Gasteiger partial charge in [0, 0.05) is 27.7 Å². The lowest BCUT2D eigenvalue weighted by Crippen LogP contribution is -2.32. The van der Waals surface area contributed by atoms with Crippen LogP contribution in [-0.4, -0.2) is 17.8 Å². The fraction of sp³-hybridized carbons (Fsp3) is 0.615. The molecule has 1 heterocycles. The molecule has 1 aromatic rings. The minimum Gasteiger partial charge on any atom is -0.358 e. The number of rotatable bonds is 3. The van der Waals surface area contributed by atoms with E-state index in [1.807, 2.05) is 7.05 Å². The second-order valence-electron chi connectivity index (χ2n) is 4.81. The molecule has 0 radical (unpaired) electrons. The molecule has 0 atom stereocenters. The van der Waals surface area contributed by atoms with E-state index < -0.39 is 0 Å². The summed E-state index contributed by atoms with van der Waals surface area (Å²) in [5, 5.41) is 10.4. The highest BCUT2D eigenvalue weighted by molar-refractivity contribution is 9.10. The van der Waals surface area contributed by atoms with Crippen LogP contribution in [0.15, 0.2) is 15.9 Å². The Labute approximate surface area is 116 Å². The molecule has 1 fully saturated rings. The van der Waals surface area contributed by atoms with E-state index in [1.54, 1.807) is 11.3 Å². The smallest absolute Gasteiger partial charge is 0.0990 e. The predicted octanol–water partition coefficient (Wildman–Crippen LogP) is 4.50. The molecule has 0 saturated heterocycles. The first-order valence-electron chi connectivity index (χ1n) is 6.19. The van der Waals surface area contributed by atoms with Crippen LogP contribution in [0.25, 0.3) is 0 Å². The molecular weight excluding hydrogens is 296 g/mol. The van der Waals surface area contributed by atoms with Gasteiger partial charge in [-0.25, -0.2) is 0 Å². The number of nitrogens with zero attached hydrogens (tertiary/aromatic N) is 1. The summed E-state index contributed by atoms with van der Waals surface area (Å²) in [6.45, 7) is 0.867. The summed E-state index contributed by atoms with van der Waals surface area (Å²) in [4.78, 5) is 3.42. The molecule has 2 nitrogen and oxygen atoms in total. The van der Waals surface area contributed by atoms with Crippen LogP contribution >= 0.6 is 27.3 Å². The van der Waals surface area contributed by atoms with Gasteiger partial charge >= 0.3 is 0 Å². The van der Waals surface area contributed by atoms with Gasteiger partial charge in [0.15, 0.2) is 0 Å². The predicted molar refractivity (Wildman–Crippen MR) is 77.8 cm³/mol. The average molecular weight is 315 g/mol. The summed E-state index contributed by atoms with van der Waals surface area (Å²) >= 11 is 5.23. The van der Waals surface area contributed by atoms with Gasteiger partial charge in [-0.1, -0.05) is 19.3 Å². The summed E-state index contributed by atoms with van der Waals surface area (Å²) in [6, 6.07) is 2.15. The van der Waals surface area contributed by atoms with E-state index in [9.17, 15) is 0 Å². The Morgan fingerprint density at radius 1 is 1.47 bits per heavy atom. The van der Waals surface area contributed by atoms with Crippen molar-refractivity contribution in [2.24, 2.45) is 5.92 Å². The molecule has 1 saturated carbocycles. The number of halogens is 1. The van der Waals surface area contributed by atoms with Gasteiger partial charge in [0.25, 0.3) is 0 Å². The topological polar surface area (TPSA) is 27.1 Å². The molecule has 0 amide bonds. The molecule has 0 aromatic carbocycles. The van der Waals surface area contributed by atoms with Crippen molar-refractivity contribution < 1.29 is 0 Å². The first-order chi connectivity index (χ1) is 8.16. The maximum atomic E-state index is 8.26. The van der Waals surface area contributed by atoms with Crippen LogP contribution in [0, 0.1) is 11.3 Å². The molecule has 0 unspecified atom stereocenters. The fourth-order valence-electron chi connectivity index (χ4n) is 2.44. The first kappa shape index (κ1) is 13.1. The van der Waals surface area contributed by atoms with Crippen molar-refractivity contribution in [3.63, 3.8) is 0 Å². The molecule has 2 rings (SSSR count). The zero-order valence-corrected chi connectivity index (χ0v) is 12.6. The Hall–Kier alpha value is -0.350. The van der Waals surface area contributed by atoms with Gasteiger partial charge in [0.05, 0.1) is 12.4 Å². The Morgan fingerprint density at radius 3 is 2.76 bits per heavy atom. The normalized spacial score (nSPS) is 17.1. The Balaban J connectivity index is 1.90. The lowest BCUT2D eigenvalue weighted by molar-refractivity contribution is 0.384. The summed E-state index contributed by atoms with van der Waals surface area (Å²) in [5.74, 6) is 1.33. The molecule has 1 aromatic heterocycles. The molecule has 1 aliphatic rings. The standard InChI is InChI=1S/C13H19BrN2S/c1-16(8-12-7-11(14)9-17-12)13(15)10-5-3-2-4-6-10/h7,9-10,15H,2-6,8H2,1H3. The third-order valence-corrected chi connectivity index (χ3v) is 5.10. The molecule has 17 heavy (non-hydrogen) atoms. The van der Waals surface area contributed by atoms with E-state index in [0.717, 1.165) is 16.9 Å². The van der Waals surface area contributed by atoms with E-state index >= 15 is 0 Å². The Morgan fingerprint density at radius 2 is 2.18 bits per heavy atom. The van der Waals surface area contributed by atoms with Crippen molar-refractivity contribution in [2.75, 3.05) is 7.05 Å². The van der Waals surface area contributed by atoms with Crippen molar-refractivity contribution in [1.29, 1.82) is 5.41 Å². The van der Waals surface area contributed by atoms with Crippen molar-refractivity contribution in [3.05, 3.63) is 20.8 Å². The summed E-state index contributed by atoms with van der Waals surface area (Å²) < 4.78 is 1.15. The Kier molecular flexibility index (Phi) is 4.62. The Bertz CT molecular complexity index is 383. The van der Waals surface area contributed by atoms with Crippen LogP contribution in [-0.2, 0) is 6.54 Å². The van der Waals surface area contributed by atoms with Gasteiger partial charge in [-0.3, -0.25) is 5.41 Å². The number of nitrogens with one attached hydrogen (secondary N) is 1. The lowest BCUT2D eigenvalue weighted by Gasteiger charge is -2.28. The van der Waals surface area contributed by atoms with Gasteiger partial charge in [0.1, 0.15) is 0 Å². The van der Waals surface area contributed by atoms with Crippen LogP contribution in [0.3, 0.4) is 0 Å². The van der Waals surface area contributed by atoms with Gasteiger partial charge < -0.3 is 4.90 Å². The number of hydrogen-bond acceptors (Lipinski definition) is 2. The van der Waals surface area contributed by atoms with E-state index in [0.29, 0.717) is 5.92 Å². The van der Waals surface area contributed by atoms with Crippen LogP contribution in [0.1, 0.15) is 37.0 Å². The summed E-state index contributed by atoms with van der Waals surface area (Å²) in [5.41, 5.74) is 0. The van der Waals surface area contributed by atoms with Crippen molar-refractivity contribution >= 4 is 33.1 Å². The van der Waals surface area contributed by atoms with Crippen LogP contribution in [0.2, 0.25) is 0 Å². The van der Waals surface area contributed by atoms with Gasteiger partial charge in [-0.05, 0) is 34.8 Å². The van der Waals surface area contributed by atoms with Crippen molar-refractivity contribution in [3.8, 4) is 0 Å². The second-order valence-corrected chi connectivity index (χ2v) is 6.72. The number of hydrogen-bond donors (Lipinski definition) is 1. The maximum absolute atomic E-state index is 8.26. The van der Waals surface area contributed by atoms with E-state index in [1.165, 1.54) is 37.0 Å². The van der Waals surface area contributed by atoms with Gasteiger partial charge in [-0.2, -0.15) is 0 Å². The third-order valence-electron chi connectivity index (χ3n) is 3.42. The van der Waals surface area contributed by atoms with Gasteiger partial charge in [-0.15, -0.1) is 11.3 Å². The van der Waals surface area contributed by atoms with Crippen LogP contribution < -0.4 is 0 Å². The zero-order valence-electron chi connectivity index (χ0n) is 10.2. The second kappa shape index (κ2) is 6.01. The van der Waals surface area contributed by atoms with E-state index in [2.05, 4.69) is 32.3 Å².